The molecule has 0 amide bonds. The fourth-order valence-corrected chi connectivity index (χ4v) is 3.20. The van der Waals surface area contributed by atoms with Crippen LogP contribution in [0.5, 0.6) is 0 Å². The molecule has 0 saturated heterocycles. The van der Waals surface area contributed by atoms with Gasteiger partial charge in [0.1, 0.15) is 0 Å². The molecule has 96 valence electrons. The molecule has 0 radical (unpaired) electrons. The van der Waals surface area contributed by atoms with Gasteiger partial charge in [0.2, 0.25) is 0 Å². The molecule has 2 rings (SSSR count). The van der Waals surface area contributed by atoms with Crippen LogP contribution in [-0.2, 0) is 6.42 Å². The molecule has 18 heavy (non-hydrogen) atoms. The average Bonchev–Trinajstić information content (AvgIpc) is 2.76. The highest BCUT2D eigenvalue weighted by Gasteiger charge is 2.14. The highest BCUT2D eigenvalue weighted by molar-refractivity contribution is 7.12. The second kappa shape index (κ2) is 5.65. The van der Waals surface area contributed by atoms with Gasteiger partial charge < -0.3 is 0 Å². The van der Waals surface area contributed by atoms with Gasteiger partial charge in [0.05, 0.1) is 6.04 Å². The van der Waals surface area contributed by atoms with Crippen LogP contribution in [0.1, 0.15) is 32.5 Å². The van der Waals surface area contributed by atoms with E-state index in [0.29, 0.717) is 0 Å². The third-order valence-corrected chi connectivity index (χ3v) is 4.47. The van der Waals surface area contributed by atoms with E-state index in [1.54, 1.807) is 0 Å². The van der Waals surface area contributed by atoms with Crippen LogP contribution < -0.4 is 11.3 Å². The zero-order valence-electron chi connectivity index (χ0n) is 11.2. The molecule has 0 saturated carbocycles. The van der Waals surface area contributed by atoms with Crippen LogP contribution in [0.2, 0.25) is 0 Å². The lowest BCUT2D eigenvalue weighted by molar-refractivity contribution is 0.558. The monoisotopic (exact) mass is 260 g/mol. The Morgan fingerprint density at radius 2 is 1.78 bits per heavy atom. The molecule has 1 aromatic heterocycles. The molecule has 1 atom stereocenters. The van der Waals surface area contributed by atoms with Crippen molar-refractivity contribution in [3.63, 3.8) is 0 Å². The van der Waals surface area contributed by atoms with E-state index in [9.17, 15) is 0 Å². The molecule has 1 heterocycles. The molecular formula is C15H20N2S. The number of aryl methyl sites for hydroxylation is 3. The molecule has 3 N–H and O–H groups in total. The van der Waals surface area contributed by atoms with Crippen LogP contribution in [0.25, 0.3) is 0 Å². The standard InChI is InChI=1S/C15H20N2S/c1-10-5-4-6-11(2)13(10)9-14(17-16)15-8-7-12(3)18-15/h4-8,14,17H,9,16H2,1-3H3. The first-order chi connectivity index (χ1) is 8.61. The van der Waals surface area contributed by atoms with E-state index in [-0.39, 0.29) is 6.04 Å². The van der Waals surface area contributed by atoms with Crippen molar-refractivity contribution in [2.45, 2.75) is 33.2 Å². The quantitative estimate of drug-likeness (QED) is 0.653. The minimum absolute atomic E-state index is 0.198. The summed E-state index contributed by atoms with van der Waals surface area (Å²) in [6, 6.07) is 10.9. The summed E-state index contributed by atoms with van der Waals surface area (Å²) in [7, 11) is 0. The van der Waals surface area contributed by atoms with Crippen molar-refractivity contribution in [3.05, 3.63) is 56.8 Å². The largest absolute Gasteiger partial charge is 0.271 e. The Hall–Kier alpha value is -1.16. The molecule has 0 aliphatic carbocycles. The zero-order chi connectivity index (χ0) is 13.1. The lowest BCUT2D eigenvalue weighted by Gasteiger charge is -2.17. The van der Waals surface area contributed by atoms with Crippen LogP contribution >= 0.6 is 11.3 Å². The highest BCUT2D eigenvalue weighted by Crippen LogP contribution is 2.27. The highest BCUT2D eigenvalue weighted by atomic mass is 32.1. The summed E-state index contributed by atoms with van der Waals surface area (Å²) in [6.07, 6.45) is 0.939. The van der Waals surface area contributed by atoms with Gasteiger partial charge in [-0.1, -0.05) is 18.2 Å². The SMILES string of the molecule is Cc1ccc(C(Cc2c(C)cccc2C)NN)s1. The maximum Gasteiger partial charge on any atom is 0.0593 e. The Morgan fingerprint density at radius 3 is 2.28 bits per heavy atom. The number of hydrogen-bond donors (Lipinski definition) is 2. The van der Waals surface area contributed by atoms with Crippen molar-refractivity contribution in [1.82, 2.24) is 5.43 Å². The predicted molar refractivity (Wildman–Crippen MR) is 78.7 cm³/mol. The number of hydrazine groups is 1. The molecule has 3 heteroatoms. The minimum atomic E-state index is 0.198. The first kappa shape index (κ1) is 13.3. The molecule has 0 aliphatic rings. The second-order valence-corrected chi connectivity index (χ2v) is 6.06. The number of thiophene rings is 1. The van der Waals surface area contributed by atoms with Gasteiger partial charge in [-0.2, -0.15) is 0 Å². The fourth-order valence-electron chi connectivity index (χ4n) is 2.26. The van der Waals surface area contributed by atoms with Gasteiger partial charge in [0, 0.05) is 9.75 Å². The third kappa shape index (κ3) is 2.80. The Balaban J connectivity index is 2.26. The normalized spacial score (nSPS) is 12.7. The second-order valence-electron chi connectivity index (χ2n) is 4.74. The molecule has 2 aromatic rings. The van der Waals surface area contributed by atoms with Crippen LogP contribution in [-0.4, -0.2) is 0 Å². The van der Waals surface area contributed by atoms with Crippen LogP contribution in [0.15, 0.2) is 30.3 Å². The van der Waals surface area contributed by atoms with E-state index >= 15 is 0 Å². The van der Waals surface area contributed by atoms with Crippen molar-refractivity contribution >= 4 is 11.3 Å². The van der Waals surface area contributed by atoms with Gasteiger partial charge in [-0.05, 0) is 56.0 Å². The van der Waals surface area contributed by atoms with Gasteiger partial charge in [-0.25, -0.2) is 0 Å². The van der Waals surface area contributed by atoms with Crippen molar-refractivity contribution in [2.24, 2.45) is 5.84 Å². The van der Waals surface area contributed by atoms with Crippen molar-refractivity contribution in [2.75, 3.05) is 0 Å². The summed E-state index contributed by atoms with van der Waals surface area (Å²) in [4.78, 5) is 2.63. The molecule has 1 aromatic carbocycles. The predicted octanol–water partition coefficient (Wildman–Crippen LogP) is 3.42. The summed E-state index contributed by atoms with van der Waals surface area (Å²) >= 11 is 1.81. The molecule has 1 unspecified atom stereocenters. The maximum absolute atomic E-state index is 5.72. The van der Waals surface area contributed by atoms with Gasteiger partial charge in [-0.15, -0.1) is 11.3 Å². The van der Waals surface area contributed by atoms with Crippen molar-refractivity contribution in [3.8, 4) is 0 Å². The van der Waals surface area contributed by atoms with Gasteiger partial charge in [0.25, 0.3) is 0 Å². The minimum Gasteiger partial charge on any atom is -0.271 e. The van der Waals surface area contributed by atoms with E-state index in [1.165, 1.54) is 26.4 Å². The zero-order valence-corrected chi connectivity index (χ0v) is 12.0. The summed E-state index contributed by atoms with van der Waals surface area (Å²) in [5.41, 5.74) is 7.01. The summed E-state index contributed by atoms with van der Waals surface area (Å²) in [6.45, 7) is 6.45. The van der Waals surface area contributed by atoms with E-state index in [0.717, 1.165) is 6.42 Å². The number of nitrogens with two attached hydrogens (primary N) is 1. The van der Waals surface area contributed by atoms with E-state index < -0.39 is 0 Å². The summed E-state index contributed by atoms with van der Waals surface area (Å²) in [5, 5.41) is 0. The molecule has 0 spiro atoms. The Morgan fingerprint density at radius 1 is 1.11 bits per heavy atom. The lowest BCUT2D eigenvalue weighted by Crippen LogP contribution is -2.29. The van der Waals surface area contributed by atoms with Crippen molar-refractivity contribution in [1.29, 1.82) is 0 Å². The molecular weight excluding hydrogens is 240 g/mol. The maximum atomic E-state index is 5.72. The molecule has 2 nitrogen and oxygen atoms in total. The molecule has 0 bridgehead atoms. The first-order valence-electron chi connectivity index (χ1n) is 6.19. The molecule has 0 aliphatic heterocycles. The summed E-state index contributed by atoms with van der Waals surface area (Å²) < 4.78 is 0. The first-order valence-corrected chi connectivity index (χ1v) is 7.01. The topological polar surface area (TPSA) is 38.0 Å². The van der Waals surface area contributed by atoms with Gasteiger partial charge in [-0.3, -0.25) is 11.3 Å². The van der Waals surface area contributed by atoms with Crippen molar-refractivity contribution < 1.29 is 0 Å². The van der Waals surface area contributed by atoms with Crippen LogP contribution in [0, 0.1) is 20.8 Å². The fraction of sp³-hybridized carbons (Fsp3) is 0.333. The van der Waals surface area contributed by atoms with Gasteiger partial charge >= 0.3 is 0 Å². The van der Waals surface area contributed by atoms with Gasteiger partial charge in [0.15, 0.2) is 0 Å². The smallest absolute Gasteiger partial charge is 0.0593 e. The van der Waals surface area contributed by atoms with Crippen LogP contribution in [0.4, 0.5) is 0 Å². The Kier molecular flexibility index (Phi) is 4.17. The average molecular weight is 260 g/mol. The molecule has 0 fully saturated rings. The number of hydrogen-bond acceptors (Lipinski definition) is 3. The number of benzene rings is 1. The lowest BCUT2D eigenvalue weighted by atomic mass is 9.96. The number of rotatable bonds is 4. The summed E-state index contributed by atoms with van der Waals surface area (Å²) in [5.74, 6) is 5.72. The van der Waals surface area contributed by atoms with E-state index in [1.807, 2.05) is 11.3 Å². The van der Waals surface area contributed by atoms with E-state index in [2.05, 4.69) is 56.5 Å². The Labute approximate surface area is 113 Å². The number of nitrogens with one attached hydrogen (secondary N) is 1. The van der Waals surface area contributed by atoms with E-state index in [4.69, 9.17) is 5.84 Å². The third-order valence-electron chi connectivity index (χ3n) is 3.36. The Bertz CT molecular complexity index is 511. The van der Waals surface area contributed by atoms with Crippen LogP contribution in [0.3, 0.4) is 0 Å².